The summed E-state index contributed by atoms with van der Waals surface area (Å²) in [5.41, 5.74) is 1.31. The summed E-state index contributed by atoms with van der Waals surface area (Å²) in [5.74, 6) is -9.47. The van der Waals surface area contributed by atoms with E-state index in [4.69, 9.17) is 19.1 Å². The summed E-state index contributed by atoms with van der Waals surface area (Å²) in [7, 11) is 2.28. The van der Waals surface area contributed by atoms with Crippen LogP contribution in [0.25, 0.3) is 0 Å². The molecule has 17 heteroatoms. The summed E-state index contributed by atoms with van der Waals surface area (Å²) < 4.78 is 42.8. The molecule has 55 heavy (non-hydrogen) atoms. The van der Waals surface area contributed by atoms with Crippen molar-refractivity contribution in [2.24, 2.45) is 11.8 Å². The number of hydrogen-bond acceptors (Lipinski definition) is 13. The molecule has 2 amide bonds. The summed E-state index contributed by atoms with van der Waals surface area (Å²) in [6, 6.07) is 10.1. The van der Waals surface area contributed by atoms with Crippen LogP contribution < -0.4 is 10.6 Å². The number of rotatable bonds is 20. The molecular weight excluding hydrogens is 726 g/mol. The Labute approximate surface area is 319 Å². The highest BCUT2D eigenvalue weighted by molar-refractivity contribution is 5.96. The lowest BCUT2D eigenvalue weighted by Crippen LogP contribution is -2.63. The zero-order chi connectivity index (χ0) is 40.5. The molecule has 0 aromatic heterocycles. The second kappa shape index (κ2) is 22.0. The molecule has 0 heterocycles. The number of Topliss-reactive ketones (excluding diaryl/α,β-unsaturated/α-hetero) is 1. The van der Waals surface area contributed by atoms with E-state index < -0.39 is 79.1 Å². The highest BCUT2D eigenvalue weighted by Crippen LogP contribution is 2.32. The minimum Gasteiger partial charge on any atom is -0.428 e. The number of nitrogens with one attached hydrogen (secondary N) is 2. The fourth-order valence-corrected chi connectivity index (χ4v) is 6.14. The van der Waals surface area contributed by atoms with E-state index in [9.17, 15) is 34.2 Å². The molecule has 3 rings (SSSR count). The van der Waals surface area contributed by atoms with Crippen LogP contribution in [0.5, 0.6) is 0 Å². The normalized spacial score (nSPS) is 15.8. The topological polar surface area (TPSA) is 193 Å². The molecule has 1 aliphatic carbocycles. The molecule has 0 spiro atoms. The molecule has 0 bridgehead atoms. The lowest BCUT2D eigenvalue weighted by molar-refractivity contribution is -0.170. The number of ketones is 1. The number of carbonyl (C=O) groups is 5. The van der Waals surface area contributed by atoms with Crippen LogP contribution in [0.1, 0.15) is 63.5 Å². The van der Waals surface area contributed by atoms with Crippen molar-refractivity contribution in [3.63, 3.8) is 0 Å². The molecule has 4 N–H and O–H groups in total. The van der Waals surface area contributed by atoms with Crippen LogP contribution >= 0.6 is 0 Å². The lowest BCUT2D eigenvalue weighted by Gasteiger charge is -2.35. The van der Waals surface area contributed by atoms with Gasteiger partial charge in [-0.25, -0.2) is 9.59 Å². The number of hydroxylamine groups is 4. The van der Waals surface area contributed by atoms with Crippen molar-refractivity contribution in [2.75, 3.05) is 27.3 Å². The van der Waals surface area contributed by atoms with Gasteiger partial charge in [-0.1, -0.05) is 107 Å². The number of carbonyl (C=O) groups excluding carboxylic acids is 5. The van der Waals surface area contributed by atoms with Crippen LogP contribution in [0.15, 0.2) is 60.7 Å². The molecule has 0 saturated heterocycles. The Bertz CT molecular complexity index is 1530. The summed E-state index contributed by atoms with van der Waals surface area (Å²) in [6.45, 7) is 0.514. The molecule has 4 atom stereocenters. The molecule has 1 fully saturated rings. The highest BCUT2D eigenvalue weighted by atomic mass is 19.3. The van der Waals surface area contributed by atoms with E-state index in [2.05, 4.69) is 10.6 Å². The van der Waals surface area contributed by atoms with Crippen LogP contribution in [0.4, 0.5) is 18.4 Å². The van der Waals surface area contributed by atoms with E-state index in [1.165, 1.54) is 13.8 Å². The minimum absolute atomic E-state index is 0.145. The molecule has 0 radical (unpaired) electrons. The van der Waals surface area contributed by atoms with Gasteiger partial charge in [0.1, 0.15) is 31.3 Å². The van der Waals surface area contributed by atoms with E-state index in [1.807, 2.05) is 0 Å². The number of nitrogens with zero attached hydrogens (tertiary/aromatic N) is 2. The molecule has 2 aromatic carbocycles. The van der Waals surface area contributed by atoms with Crippen molar-refractivity contribution in [3.05, 3.63) is 71.8 Å². The van der Waals surface area contributed by atoms with Crippen LogP contribution in [-0.2, 0) is 46.7 Å². The van der Waals surface area contributed by atoms with E-state index in [-0.39, 0.29) is 25.6 Å². The summed E-state index contributed by atoms with van der Waals surface area (Å²) in [5, 5.41) is 25.9. The van der Waals surface area contributed by atoms with Crippen molar-refractivity contribution in [3.8, 4) is 0 Å². The number of aliphatic hydroxyl groups excluding tert-OH is 2. The van der Waals surface area contributed by atoms with Crippen LogP contribution in [0.2, 0.25) is 0 Å². The minimum atomic E-state index is -4.27. The first-order valence-corrected chi connectivity index (χ1v) is 18.1. The third-order valence-electron chi connectivity index (χ3n) is 9.28. The van der Waals surface area contributed by atoms with E-state index in [0.717, 1.165) is 33.4 Å². The van der Waals surface area contributed by atoms with Gasteiger partial charge in [0.25, 0.3) is 0 Å². The Kier molecular flexibility index (Phi) is 17.9. The van der Waals surface area contributed by atoms with Gasteiger partial charge in [-0.3, -0.25) is 14.4 Å². The smallest absolute Gasteiger partial charge is 0.428 e. The van der Waals surface area contributed by atoms with Crippen LogP contribution in [0, 0.1) is 11.8 Å². The first-order chi connectivity index (χ1) is 26.2. The van der Waals surface area contributed by atoms with Gasteiger partial charge in [-0.05, 0) is 29.4 Å². The average Bonchev–Trinajstić information content (AvgIpc) is 3.16. The predicted molar refractivity (Wildman–Crippen MR) is 193 cm³/mol. The largest absolute Gasteiger partial charge is 0.528 e. The van der Waals surface area contributed by atoms with Crippen molar-refractivity contribution >= 4 is 29.9 Å². The molecule has 0 aliphatic heterocycles. The number of benzene rings is 2. The molecule has 1 aliphatic rings. The summed E-state index contributed by atoms with van der Waals surface area (Å²) in [6.07, 6.45) is 1.24. The van der Waals surface area contributed by atoms with Crippen molar-refractivity contribution in [2.45, 2.75) is 95.7 Å². The number of amides is 2. The van der Waals surface area contributed by atoms with Gasteiger partial charge in [0.15, 0.2) is 0 Å². The Morgan fingerprint density at radius 3 is 1.60 bits per heavy atom. The number of ether oxygens (including phenoxy) is 2. The van der Waals surface area contributed by atoms with Gasteiger partial charge in [-0.2, -0.15) is 8.78 Å². The Morgan fingerprint density at radius 2 is 1.18 bits per heavy atom. The highest BCUT2D eigenvalue weighted by Gasteiger charge is 2.53. The van der Waals surface area contributed by atoms with Gasteiger partial charge in [0, 0.05) is 14.1 Å². The first-order valence-electron chi connectivity index (χ1n) is 18.1. The monoisotopic (exact) mass is 778 g/mol. The van der Waals surface area contributed by atoms with E-state index in [1.54, 1.807) is 60.7 Å². The van der Waals surface area contributed by atoms with Crippen LogP contribution in [-0.4, -0.2) is 108 Å². The fourth-order valence-electron chi connectivity index (χ4n) is 6.14. The van der Waals surface area contributed by atoms with Crippen molar-refractivity contribution < 1.29 is 62.1 Å². The number of hydrogen-bond donors (Lipinski definition) is 4. The maximum atomic E-state index is 16.4. The van der Waals surface area contributed by atoms with Crippen LogP contribution in [0.3, 0.4) is 0 Å². The molecule has 15 nitrogen and oxygen atoms in total. The zero-order valence-corrected chi connectivity index (χ0v) is 31.5. The third-order valence-corrected chi connectivity index (χ3v) is 9.28. The Balaban J connectivity index is 1.72. The second-order valence-corrected chi connectivity index (χ2v) is 13.7. The quantitative estimate of drug-likeness (QED) is 0.112. The number of likely N-dealkylation sites (N-methyl/N-ethyl adjacent to an activating group) is 2. The fraction of sp³-hybridized carbons (Fsp3) is 0.553. The molecule has 2 aromatic rings. The number of aliphatic hydroxyl groups is 2. The first kappa shape index (κ1) is 44.7. The standard InChI is InChI=1S/C38H52F2N4O11/c1-25(2)32(42-35(49)31(22-46)44(4)55-37(51)53-24-28-18-12-7-13-19-28)38(39,40)33(47)29(20-26-14-8-5-9-15-26)41-34(48)30(21-45)43(3)54-36(50)52-23-27-16-10-6-11-17-27/h6-7,10-13,16-19,25-26,29-32,45-46H,5,8-9,14-15,20-24H2,1-4H3,(H,41,48)(H,42,49)/t29?,30-,31-,32?/m0/s1. The maximum absolute atomic E-state index is 16.4. The second-order valence-electron chi connectivity index (χ2n) is 13.7. The molecule has 1 saturated carbocycles. The van der Waals surface area contributed by atoms with Gasteiger partial charge in [-0.15, -0.1) is 10.1 Å². The predicted octanol–water partition coefficient (Wildman–Crippen LogP) is 3.91. The third kappa shape index (κ3) is 13.8. The molecule has 304 valence electrons. The van der Waals surface area contributed by atoms with Gasteiger partial charge >= 0.3 is 18.2 Å². The maximum Gasteiger partial charge on any atom is 0.528 e. The van der Waals surface area contributed by atoms with E-state index >= 15 is 8.78 Å². The Morgan fingerprint density at radius 1 is 0.745 bits per heavy atom. The number of halogens is 2. The lowest BCUT2D eigenvalue weighted by atomic mass is 9.82. The van der Waals surface area contributed by atoms with Gasteiger partial charge in [0.05, 0.1) is 19.3 Å². The summed E-state index contributed by atoms with van der Waals surface area (Å²) in [4.78, 5) is 75.2. The SMILES string of the molecule is CC(C)C(NC(=O)[C@H](CO)N(C)OC(=O)OCc1ccccc1)C(F)(F)C(=O)C(CC1CCCCC1)NC(=O)[C@H](CO)N(C)OC(=O)OCc1ccccc1. The van der Waals surface area contributed by atoms with Gasteiger partial charge in [0.2, 0.25) is 17.6 Å². The molecule has 2 unspecified atom stereocenters. The average molecular weight is 779 g/mol. The number of alkyl halides is 2. The zero-order valence-electron chi connectivity index (χ0n) is 31.5. The van der Waals surface area contributed by atoms with Crippen molar-refractivity contribution in [1.29, 1.82) is 0 Å². The Hall–Kier alpha value is -4.71. The molecular formula is C38H52F2N4O11. The summed E-state index contributed by atoms with van der Waals surface area (Å²) >= 11 is 0. The van der Waals surface area contributed by atoms with Crippen molar-refractivity contribution in [1.82, 2.24) is 20.8 Å². The van der Waals surface area contributed by atoms with E-state index in [0.29, 0.717) is 34.1 Å². The van der Waals surface area contributed by atoms with Gasteiger partial charge < -0.3 is 40.0 Å².